The number of hydrogen-bond donors (Lipinski definition) is 1. The van der Waals surface area contributed by atoms with Crippen LogP contribution >= 0.6 is 0 Å². The summed E-state index contributed by atoms with van der Waals surface area (Å²) in [5.41, 5.74) is 0.729. The molecular weight excluding hydrogens is 232 g/mol. The molecule has 1 aromatic rings. The van der Waals surface area contributed by atoms with Gasteiger partial charge in [0.1, 0.15) is 0 Å². The molecule has 0 saturated heterocycles. The lowest BCUT2D eigenvalue weighted by molar-refractivity contribution is -0.385. The zero-order valence-electron chi connectivity index (χ0n) is 11.1. The second-order valence-electron chi connectivity index (χ2n) is 4.71. The maximum absolute atomic E-state index is 12.0. The van der Waals surface area contributed by atoms with Crippen molar-refractivity contribution < 1.29 is 9.72 Å². The standard InChI is InChI=1S/C13H18N2O3/c1-8(2)10(4)14-13(16)11-6-5-7-12(9(11)3)15(17)18/h5-8,10H,1-4H3,(H,14,16). The second kappa shape index (κ2) is 5.62. The van der Waals surface area contributed by atoms with Crippen LogP contribution in [-0.4, -0.2) is 16.9 Å². The Labute approximate surface area is 106 Å². The molecule has 0 aliphatic heterocycles. The third-order valence-electron chi connectivity index (χ3n) is 3.11. The number of nitro benzene ring substituents is 1. The van der Waals surface area contributed by atoms with Gasteiger partial charge in [-0.05, 0) is 25.8 Å². The van der Waals surface area contributed by atoms with Crippen LogP contribution in [0.3, 0.4) is 0 Å². The zero-order valence-corrected chi connectivity index (χ0v) is 11.1. The topological polar surface area (TPSA) is 72.2 Å². The first-order valence-corrected chi connectivity index (χ1v) is 5.89. The van der Waals surface area contributed by atoms with Crippen molar-refractivity contribution in [1.82, 2.24) is 5.32 Å². The molecule has 0 radical (unpaired) electrons. The van der Waals surface area contributed by atoms with Gasteiger partial charge < -0.3 is 5.32 Å². The van der Waals surface area contributed by atoms with Crippen LogP contribution in [0.1, 0.15) is 36.7 Å². The Kier molecular flexibility index (Phi) is 4.42. The van der Waals surface area contributed by atoms with Crippen LogP contribution < -0.4 is 5.32 Å². The molecule has 0 heterocycles. The van der Waals surface area contributed by atoms with E-state index in [1.807, 2.05) is 20.8 Å². The Bertz CT molecular complexity index is 469. The lowest BCUT2D eigenvalue weighted by atomic mass is 10.0. The number of rotatable bonds is 4. The first-order chi connectivity index (χ1) is 8.34. The highest BCUT2D eigenvalue weighted by molar-refractivity contribution is 5.96. The maximum Gasteiger partial charge on any atom is 0.273 e. The molecule has 98 valence electrons. The molecule has 5 nitrogen and oxygen atoms in total. The molecule has 0 aliphatic carbocycles. The van der Waals surface area contributed by atoms with E-state index >= 15 is 0 Å². The van der Waals surface area contributed by atoms with Gasteiger partial charge in [-0.2, -0.15) is 0 Å². The van der Waals surface area contributed by atoms with E-state index in [1.165, 1.54) is 12.1 Å². The fourth-order valence-corrected chi connectivity index (χ4v) is 1.52. The van der Waals surface area contributed by atoms with Crippen molar-refractivity contribution in [2.45, 2.75) is 33.7 Å². The highest BCUT2D eigenvalue weighted by Crippen LogP contribution is 2.21. The summed E-state index contributed by atoms with van der Waals surface area (Å²) < 4.78 is 0. The predicted octanol–water partition coefficient (Wildman–Crippen LogP) is 2.68. The average molecular weight is 250 g/mol. The Balaban J connectivity index is 3.00. The van der Waals surface area contributed by atoms with Gasteiger partial charge >= 0.3 is 0 Å². The van der Waals surface area contributed by atoms with E-state index in [-0.39, 0.29) is 17.6 Å². The molecule has 0 aliphatic rings. The molecule has 0 aromatic heterocycles. The number of nitrogens with one attached hydrogen (secondary N) is 1. The van der Waals surface area contributed by atoms with Gasteiger partial charge in [-0.15, -0.1) is 0 Å². The highest BCUT2D eigenvalue weighted by atomic mass is 16.6. The smallest absolute Gasteiger partial charge is 0.273 e. The number of benzene rings is 1. The zero-order chi connectivity index (χ0) is 13.9. The largest absolute Gasteiger partial charge is 0.349 e. The van der Waals surface area contributed by atoms with Crippen LogP contribution in [0.25, 0.3) is 0 Å². The van der Waals surface area contributed by atoms with E-state index in [4.69, 9.17) is 0 Å². The van der Waals surface area contributed by atoms with E-state index in [0.717, 1.165) is 0 Å². The minimum absolute atomic E-state index is 0.0242. The summed E-state index contributed by atoms with van der Waals surface area (Å²) in [6.45, 7) is 7.51. The number of carbonyl (C=O) groups is 1. The monoisotopic (exact) mass is 250 g/mol. The first-order valence-electron chi connectivity index (χ1n) is 5.89. The highest BCUT2D eigenvalue weighted by Gasteiger charge is 2.19. The summed E-state index contributed by atoms with van der Waals surface area (Å²) in [5, 5.41) is 13.6. The summed E-state index contributed by atoms with van der Waals surface area (Å²) in [7, 11) is 0. The Morgan fingerprint density at radius 3 is 2.44 bits per heavy atom. The van der Waals surface area contributed by atoms with Gasteiger partial charge in [0.15, 0.2) is 0 Å². The summed E-state index contributed by atoms with van der Waals surface area (Å²) in [6.07, 6.45) is 0. The SMILES string of the molecule is Cc1c(C(=O)NC(C)C(C)C)cccc1[N+](=O)[O-]. The van der Waals surface area contributed by atoms with E-state index in [1.54, 1.807) is 13.0 Å². The van der Waals surface area contributed by atoms with Crippen molar-refractivity contribution >= 4 is 11.6 Å². The van der Waals surface area contributed by atoms with E-state index in [0.29, 0.717) is 17.0 Å². The average Bonchev–Trinajstić information content (AvgIpc) is 2.28. The number of nitro groups is 1. The number of hydrogen-bond acceptors (Lipinski definition) is 3. The summed E-state index contributed by atoms with van der Waals surface area (Å²) in [5.74, 6) is 0.0466. The lowest BCUT2D eigenvalue weighted by Crippen LogP contribution is -2.36. The summed E-state index contributed by atoms with van der Waals surface area (Å²) in [4.78, 5) is 22.3. The van der Waals surface area contributed by atoms with Crippen LogP contribution in [0.15, 0.2) is 18.2 Å². The molecular formula is C13H18N2O3. The molecule has 1 rings (SSSR count). The number of carbonyl (C=O) groups excluding carboxylic acids is 1. The van der Waals surface area contributed by atoms with Crippen LogP contribution in [0, 0.1) is 23.0 Å². The van der Waals surface area contributed by atoms with Gasteiger partial charge in [0.25, 0.3) is 11.6 Å². The van der Waals surface area contributed by atoms with Crippen molar-refractivity contribution in [3.8, 4) is 0 Å². The number of amides is 1. The van der Waals surface area contributed by atoms with Gasteiger partial charge in [-0.1, -0.05) is 19.9 Å². The molecule has 1 atom stereocenters. The van der Waals surface area contributed by atoms with E-state index in [2.05, 4.69) is 5.32 Å². The van der Waals surface area contributed by atoms with Gasteiger partial charge in [-0.3, -0.25) is 14.9 Å². The van der Waals surface area contributed by atoms with E-state index in [9.17, 15) is 14.9 Å². The maximum atomic E-state index is 12.0. The van der Waals surface area contributed by atoms with Crippen LogP contribution in [0.2, 0.25) is 0 Å². The van der Waals surface area contributed by atoms with E-state index < -0.39 is 4.92 Å². The minimum atomic E-state index is -0.474. The molecule has 1 unspecified atom stereocenters. The Morgan fingerprint density at radius 1 is 1.33 bits per heavy atom. The molecule has 0 bridgehead atoms. The second-order valence-corrected chi connectivity index (χ2v) is 4.71. The number of nitrogens with zero attached hydrogens (tertiary/aromatic N) is 1. The van der Waals surface area contributed by atoms with Gasteiger partial charge in [0, 0.05) is 23.2 Å². The summed E-state index contributed by atoms with van der Waals surface area (Å²) in [6, 6.07) is 4.55. The molecule has 0 saturated carbocycles. The lowest BCUT2D eigenvalue weighted by Gasteiger charge is -2.18. The van der Waals surface area contributed by atoms with Crippen molar-refractivity contribution in [1.29, 1.82) is 0 Å². The molecule has 0 fully saturated rings. The van der Waals surface area contributed by atoms with Gasteiger partial charge in [-0.25, -0.2) is 0 Å². The van der Waals surface area contributed by atoms with Gasteiger partial charge in [0.05, 0.1) is 4.92 Å². The molecule has 0 spiro atoms. The third kappa shape index (κ3) is 3.06. The molecule has 18 heavy (non-hydrogen) atoms. The quantitative estimate of drug-likeness (QED) is 0.659. The normalized spacial score (nSPS) is 12.3. The van der Waals surface area contributed by atoms with Crippen LogP contribution in [-0.2, 0) is 0 Å². The fourth-order valence-electron chi connectivity index (χ4n) is 1.52. The predicted molar refractivity (Wildman–Crippen MR) is 69.6 cm³/mol. The van der Waals surface area contributed by atoms with Crippen LogP contribution in [0.5, 0.6) is 0 Å². The fraction of sp³-hybridized carbons (Fsp3) is 0.462. The van der Waals surface area contributed by atoms with Crippen molar-refractivity contribution in [3.05, 3.63) is 39.4 Å². The minimum Gasteiger partial charge on any atom is -0.349 e. The molecule has 5 heteroatoms. The van der Waals surface area contributed by atoms with Crippen molar-refractivity contribution in [2.24, 2.45) is 5.92 Å². The molecule has 1 N–H and O–H groups in total. The van der Waals surface area contributed by atoms with Gasteiger partial charge in [0.2, 0.25) is 0 Å². The van der Waals surface area contributed by atoms with Crippen molar-refractivity contribution in [2.75, 3.05) is 0 Å². The van der Waals surface area contributed by atoms with Crippen LogP contribution in [0.4, 0.5) is 5.69 Å². The first kappa shape index (κ1) is 14.2. The molecule has 1 aromatic carbocycles. The Morgan fingerprint density at radius 2 is 1.94 bits per heavy atom. The Hall–Kier alpha value is -1.91. The molecule has 1 amide bonds. The third-order valence-corrected chi connectivity index (χ3v) is 3.11. The van der Waals surface area contributed by atoms with Crippen molar-refractivity contribution in [3.63, 3.8) is 0 Å². The summed E-state index contributed by atoms with van der Waals surface area (Å²) >= 11 is 0.